The highest BCUT2D eigenvalue weighted by Gasteiger charge is 2.35. The van der Waals surface area contributed by atoms with Gasteiger partial charge in [0.05, 0.1) is 12.1 Å². The Morgan fingerprint density at radius 3 is 2.66 bits per heavy atom. The number of fused-ring (bicyclic) bond motifs is 1. The van der Waals surface area contributed by atoms with E-state index in [1.54, 1.807) is 16.2 Å². The highest BCUT2D eigenvalue weighted by Crippen LogP contribution is 2.39. The Morgan fingerprint density at radius 2 is 1.91 bits per heavy atom. The molecule has 2 aliphatic heterocycles. The van der Waals surface area contributed by atoms with Gasteiger partial charge in [0.2, 0.25) is 5.91 Å². The van der Waals surface area contributed by atoms with Crippen molar-refractivity contribution in [3.05, 3.63) is 92.9 Å². The van der Waals surface area contributed by atoms with Gasteiger partial charge in [-0.15, -0.1) is 11.3 Å². The molecule has 3 heterocycles. The van der Waals surface area contributed by atoms with Crippen LogP contribution in [0.15, 0.2) is 60.0 Å². The van der Waals surface area contributed by atoms with Crippen LogP contribution >= 0.6 is 11.3 Å². The van der Waals surface area contributed by atoms with Crippen LogP contribution in [0.2, 0.25) is 0 Å². The van der Waals surface area contributed by atoms with Crippen molar-refractivity contribution in [2.75, 3.05) is 26.2 Å². The highest BCUT2D eigenvalue weighted by molar-refractivity contribution is 7.10. The number of thiophene rings is 1. The Kier molecular flexibility index (Phi) is 6.97. The van der Waals surface area contributed by atoms with Gasteiger partial charge in [0.1, 0.15) is 12.4 Å². The zero-order chi connectivity index (χ0) is 24.4. The van der Waals surface area contributed by atoms with Crippen LogP contribution in [-0.4, -0.2) is 54.0 Å². The SMILES string of the molecule is Cc1ccccc1C1c2ccsc2CCN1C(=O)CN(CC1CCCO1)C(=O)c1ccc(F)cc1. The van der Waals surface area contributed by atoms with Crippen LogP contribution in [0.1, 0.15) is 50.8 Å². The molecule has 0 N–H and O–H groups in total. The summed E-state index contributed by atoms with van der Waals surface area (Å²) in [5.74, 6) is -0.776. The maximum absolute atomic E-state index is 13.8. The van der Waals surface area contributed by atoms with Crippen molar-refractivity contribution < 1.29 is 18.7 Å². The minimum absolute atomic E-state index is 0.0437. The Balaban J connectivity index is 1.43. The van der Waals surface area contributed by atoms with E-state index in [1.807, 2.05) is 17.0 Å². The van der Waals surface area contributed by atoms with Crippen LogP contribution < -0.4 is 0 Å². The van der Waals surface area contributed by atoms with Gasteiger partial charge in [0, 0.05) is 30.1 Å². The van der Waals surface area contributed by atoms with E-state index in [-0.39, 0.29) is 30.5 Å². The van der Waals surface area contributed by atoms with E-state index in [4.69, 9.17) is 4.74 Å². The van der Waals surface area contributed by atoms with E-state index in [0.717, 1.165) is 30.4 Å². The number of nitrogens with zero attached hydrogens (tertiary/aromatic N) is 2. The number of ether oxygens (including phenoxy) is 1. The number of benzene rings is 2. The number of carbonyl (C=O) groups is 2. The van der Waals surface area contributed by atoms with Crippen molar-refractivity contribution in [2.24, 2.45) is 0 Å². The molecular weight excluding hydrogens is 463 g/mol. The summed E-state index contributed by atoms with van der Waals surface area (Å²) in [6.07, 6.45) is 2.51. The summed E-state index contributed by atoms with van der Waals surface area (Å²) < 4.78 is 19.2. The van der Waals surface area contributed by atoms with Crippen LogP contribution in [-0.2, 0) is 16.0 Å². The number of halogens is 1. The topological polar surface area (TPSA) is 49.9 Å². The molecule has 0 saturated carbocycles. The molecule has 0 radical (unpaired) electrons. The third-order valence-corrected chi connectivity index (χ3v) is 7.92. The van der Waals surface area contributed by atoms with Crippen molar-refractivity contribution >= 4 is 23.2 Å². The third-order valence-electron chi connectivity index (χ3n) is 6.92. The molecule has 0 aliphatic carbocycles. The molecule has 35 heavy (non-hydrogen) atoms. The van der Waals surface area contributed by atoms with Gasteiger partial charge in [0.15, 0.2) is 0 Å². The fourth-order valence-electron chi connectivity index (χ4n) is 5.10. The van der Waals surface area contributed by atoms with Crippen LogP contribution in [0.25, 0.3) is 0 Å². The molecule has 2 amide bonds. The van der Waals surface area contributed by atoms with E-state index >= 15 is 0 Å². The molecule has 3 aromatic rings. The molecule has 2 aliphatic rings. The van der Waals surface area contributed by atoms with Gasteiger partial charge in [-0.05, 0) is 78.6 Å². The predicted molar refractivity (Wildman–Crippen MR) is 134 cm³/mol. The first-order valence-corrected chi connectivity index (χ1v) is 13.0. The molecule has 1 saturated heterocycles. The standard InChI is InChI=1S/C28H29FN2O3S/c1-19-5-2-3-7-23(19)27-24-13-16-35-25(24)12-14-31(27)26(32)18-30(17-22-6-4-15-34-22)28(33)20-8-10-21(29)11-9-20/h2-3,5,7-11,13,16,22,27H,4,6,12,14-15,17-18H2,1H3. The fraction of sp³-hybridized carbons (Fsp3) is 0.357. The summed E-state index contributed by atoms with van der Waals surface area (Å²) in [5.41, 5.74) is 3.77. The number of hydrogen-bond acceptors (Lipinski definition) is 4. The number of hydrogen-bond donors (Lipinski definition) is 0. The van der Waals surface area contributed by atoms with Gasteiger partial charge < -0.3 is 14.5 Å². The first-order chi connectivity index (χ1) is 17.0. The van der Waals surface area contributed by atoms with Crippen molar-refractivity contribution in [1.29, 1.82) is 0 Å². The van der Waals surface area contributed by atoms with Gasteiger partial charge in [-0.3, -0.25) is 9.59 Å². The van der Waals surface area contributed by atoms with Gasteiger partial charge >= 0.3 is 0 Å². The summed E-state index contributed by atoms with van der Waals surface area (Å²) in [5, 5.41) is 2.09. The molecule has 5 nitrogen and oxygen atoms in total. The van der Waals surface area contributed by atoms with Crippen molar-refractivity contribution in [3.8, 4) is 0 Å². The molecule has 2 unspecified atom stereocenters. The Labute approximate surface area is 209 Å². The summed E-state index contributed by atoms with van der Waals surface area (Å²) >= 11 is 1.73. The maximum Gasteiger partial charge on any atom is 0.254 e. The normalized spacial score (nSPS) is 19.4. The first kappa shape index (κ1) is 23.7. The molecular formula is C28H29FN2O3S. The number of carbonyl (C=O) groups excluding carboxylic acids is 2. The number of rotatable bonds is 6. The van der Waals surface area contributed by atoms with E-state index in [9.17, 15) is 14.0 Å². The van der Waals surface area contributed by atoms with E-state index < -0.39 is 5.82 Å². The zero-order valence-corrected chi connectivity index (χ0v) is 20.6. The summed E-state index contributed by atoms with van der Waals surface area (Å²) in [6, 6.07) is 15.6. The smallest absolute Gasteiger partial charge is 0.254 e. The van der Waals surface area contributed by atoms with E-state index in [0.29, 0.717) is 25.3 Å². The van der Waals surface area contributed by atoms with Crippen LogP contribution in [0.5, 0.6) is 0 Å². The Bertz CT molecular complexity index is 1200. The van der Waals surface area contributed by atoms with Crippen LogP contribution in [0, 0.1) is 12.7 Å². The lowest BCUT2D eigenvalue weighted by Gasteiger charge is -2.38. The molecule has 0 bridgehead atoms. The van der Waals surface area contributed by atoms with Crippen LogP contribution in [0.4, 0.5) is 4.39 Å². The van der Waals surface area contributed by atoms with Crippen molar-refractivity contribution in [1.82, 2.24) is 9.80 Å². The molecule has 0 spiro atoms. The van der Waals surface area contributed by atoms with E-state index in [1.165, 1.54) is 34.7 Å². The van der Waals surface area contributed by atoms with E-state index in [2.05, 4.69) is 30.5 Å². The second-order valence-corrected chi connectivity index (χ2v) is 10.2. The summed E-state index contributed by atoms with van der Waals surface area (Å²) in [7, 11) is 0. The molecule has 7 heteroatoms. The molecule has 1 fully saturated rings. The predicted octanol–water partition coefficient (Wildman–Crippen LogP) is 4.99. The lowest BCUT2D eigenvalue weighted by atomic mass is 9.90. The minimum atomic E-state index is -0.399. The number of aryl methyl sites for hydroxylation is 1. The van der Waals surface area contributed by atoms with Crippen molar-refractivity contribution in [2.45, 2.75) is 38.3 Å². The quantitative estimate of drug-likeness (QED) is 0.487. The molecule has 1 aromatic heterocycles. The third kappa shape index (κ3) is 5.02. The monoisotopic (exact) mass is 492 g/mol. The fourth-order valence-corrected chi connectivity index (χ4v) is 6.00. The largest absolute Gasteiger partial charge is 0.376 e. The lowest BCUT2D eigenvalue weighted by Crippen LogP contribution is -2.48. The van der Waals surface area contributed by atoms with Crippen molar-refractivity contribution in [3.63, 3.8) is 0 Å². The molecule has 5 rings (SSSR count). The average molecular weight is 493 g/mol. The second kappa shape index (κ2) is 10.3. The molecule has 2 aromatic carbocycles. The lowest BCUT2D eigenvalue weighted by molar-refractivity contribution is -0.134. The van der Waals surface area contributed by atoms with Crippen LogP contribution in [0.3, 0.4) is 0 Å². The van der Waals surface area contributed by atoms with Gasteiger partial charge in [0.25, 0.3) is 5.91 Å². The molecule has 182 valence electrons. The first-order valence-electron chi connectivity index (χ1n) is 12.1. The maximum atomic E-state index is 13.8. The van der Waals surface area contributed by atoms with Gasteiger partial charge in [-0.1, -0.05) is 24.3 Å². The Morgan fingerprint density at radius 1 is 1.11 bits per heavy atom. The summed E-state index contributed by atoms with van der Waals surface area (Å²) in [6.45, 7) is 3.64. The minimum Gasteiger partial charge on any atom is -0.376 e. The second-order valence-electron chi connectivity index (χ2n) is 9.22. The van der Waals surface area contributed by atoms with Gasteiger partial charge in [-0.2, -0.15) is 0 Å². The molecule has 2 atom stereocenters. The number of amides is 2. The summed E-state index contributed by atoms with van der Waals surface area (Å²) in [4.78, 5) is 32.0. The van der Waals surface area contributed by atoms with Gasteiger partial charge in [-0.25, -0.2) is 4.39 Å². The average Bonchev–Trinajstić information content (AvgIpc) is 3.55. The highest BCUT2D eigenvalue weighted by atomic mass is 32.1. The Hall–Kier alpha value is -3.03. The zero-order valence-electron chi connectivity index (χ0n) is 19.8.